The van der Waals surface area contributed by atoms with Gasteiger partial charge >= 0.3 is 0 Å². The maximum Gasteiger partial charge on any atom is 0.257 e. The molecule has 0 spiro atoms. The van der Waals surface area contributed by atoms with Crippen LogP contribution < -0.4 is 15.5 Å². The molecular formula is C26H26N8O2. The Morgan fingerprint density at radius 1 is 0.833 bits per heavy atom. The van der Waals surface area contributed by atoms with Gasteiger partial charge in [-0.25, -0.2) is 9.97 Å². The van der Waals surface area contributed by atoms with Gasteiger partial charge in [-0.2, -0.15) is 0 Å². The highest BCUT2D eigenvalue weighted by molar-refractivity contribution is 6.05. The largest absolute Gasteiger partial charge is 0.355 e. The summed E-state index contributed by atoms with van der Waals surface area (Å²) in [6.07, 6.45) is 8.19. The molecule has 36 heavy (non-hydrogen) atoms. The average Bonchev–Trinajstić information content (AvgIpc) is 2.92. The summed E-state index contributed by atoms with van der Waals surface area (Å²) in [4.78, 5) is 46.9. The van der Waals surface area contributed by atoms with Gasteiger partial charge in [0.2, 0.25) is 0 Å². The van der Waals surface area contributed by atoms with E-state index in [9.17, 15) is 9.59 Å². The number of carbonyl (C=O) groups is 2. The zero-order valence-electron chi connectivity index (χ0n) is 20.1. The van der Waals surface area contributed by atoms with Crippen LogP contribution in [0.2, 0.25) is 0 Å². The summed E-state index contributed by atoms with van der Waals surface area (Å²) in [7, 11) is 3.68. The highest BCUT2D eigenvalue weighted by Crippen LogP contribution is 2.24. The Kier molecular flexibility index (Phi) is 6.50. The number of hydrogen-bond acceptors (Lipinski definition) is 8. The Hall–Kier alpha value is -4.44. The molecule has 1 saturated heterocycles. The Morgan fingerprint density at radius 2 is 1.64 bits per heavy atom. The Bertz CT molecular complexity index is 1430. The average molecular weight is 483 g/mol. The second-order valence-corrected chi connectivity index (χ2v) is 8.67. The lowest BCUT2D eigenvalue weighted by molar-refractivity contribution is 0.0961. The summed E-state index contributed by atoms with van der Waals surface area (Å²) in [6, 6.07) is 8.99. The molecule has 5 heterocycles. The van der Waals surface area contributed by atoms with E-state index >= 15 is 0 Å². The van der Waals surface area contributed by atoms with Crippen molar-refractivity contribution in [2.45, 2.75) is 0 Å². The molecule has 5 rings (SSSR count). The van der Waals surface area contributed by atoms with E-state index in [-0.39, 0.29) is 11.8 Å². The van der Waals surface area contributed by atoms with Gasteiger partial charge in [0.25, 0.3) is 11.8 Å². The van der Waals surface area contributed by atoms with Crippen LogP contribution >= 0.6 is 0 Å². The van der Waals surface area contributed by atoms with Crippen LogP contribution in [-0.2, 0) is 0 Å². The zero-order chi connectivity index (χ0) is 25.1. The first-order chi connectivity index (χ1) is 17.5. The van der Waals surface area contributed by atoms with Gasteiger partial charge in [0.1, 0.15) is 11.6 Å². The number of anilines is 2. The fraction of sp³-hybridized carbons (Fsp3) is 0.231. The van der Waals surface area contributed by atoms with Crippen molar-refractivity contribution in [3.63, 3.8) is 0 Å². The topological polar surface area (TPSA) is 116 Å². The van der Waals surface area contributed by atoms with Gasteiger partial charge in [-0.1, -0.05) is 0 Å². The number of amides is 2. The van der Waals surface area contributed by atoms with Crippen molar-refractivity contribution in [3.8, 4) is 11.1 Å². The van der Waals surface area contributed by atoms with E-state index in [1.165, 1.54) is 6.20 Å². The van der Waals surface area contributed by atoms with Crippen LogP contribution in [0.4, 0.5) is 11.6 Å². The van der Waals surface area contributed by atoms with Crippen LogP contribution in [0.5, 0.6) is 0 Å². The Labute approximate surface area is 208 Å². The minimum absolute atomic E-state index is 0.209. The third-order valence-electron chi connectivity index (χ3n) is 6.21. The van der Waals surface area contributed by atoms with Crippen molar-refractivity contribution in [3.05, 3.63) is 72.4 Å². The van der Waals surface area contributed by atoms with Crippen molar-refractivity contribution in [2.24, 2.45) is 0 Å². The predicted octanol–water partition coefficient (Wildman–Crippen LogP) is 2.45. The van der Waals surface area contributed by atoms with Crippen molar-refractivity contribution >= 4 is 34.4 Å². The SMILES string of the molecule is CNC(=O)c1cncc(-c2cnc3cnc(NC(=O)c4ccnc(N5CCN(C)CC5)c4)cc3c2)c1. The summed E-state index contributed by atoms with van der Waals surface area (Å²) in [6.45, 7) is 3.66. The van der Waals surface area contributed by atoms with Crippen molar-refractivity contribution in [1.29, 1.82) is 0 Å². The molecule has 0 aromatic carbocycles. The van der Waals surface area contributed by atoms with Gasteiger partial charge in [0.15, 0.2) is 0 Å². The molecule has 182 valence electrons. The number of hydrogen-bond donors (Lipinski definition) is 2. The van der Waals surface area contributed by atoms with Crippen LogP contribution in [0.15, 0.2) is 61.3 Å². The summed E-state index contributed by atoms with van der Waals surface area (Å²) < 4.78 is 0. The number of piperazine rings is 1. The van der Waals surface area contributed by atoms with E-state index < -0.39 is 0 Å². The second kappa shape index (κ2) is 10.0. The Morgan fingerprint density at radius 3 is 2.44 bits per heavy atom. The van der Waals surface area contributed by atoms with E-state index in [0.29, 0.717) is 22.5 Å². The highest BCUT2D eigenvalue weighted by atomic mass is 16.2. The van der Waals surface area contributed by atoms with Crippen molar-refractivity contribution < 1.29 is 9.59 Å². The molecule has 1 aliphatic rings. The van der Waals surface area contributed by atoms with E-state index in [1.807, 2.05) is 12.1 Å². The van der Waals surface area contributed by atoms with Crippen LogP contribution in [0.1, 0.15) is 20.7 Å². The molecule has 0 atom stereocenters. The van der Waals surface area contributed by atoms with E-state index in [0.717, 1.165) is 48.5 Å². The molecule has 0 aliphatic carbocycles. The smallest absolute Gasteiger partial charge is 0.257 e. The minimum atomic E-state index is -0.258. The van der Waals surface area contributed by atoms with Crippen molar-refractivity contribution in [2.75, 3.05) is 50.5 Å². The minimum Gasteiger partial charge on any atom is -0.355 e. The molecule has 10 heteroatoms. The number of carbonyl (C=O) groups excluding carboxylic acids is 2. The van der Waals surface area contributed by atoms with Crippen LogP contribution in [0.25, 0.3) is 22.0 Å². The molecule has 1 aliphatic heterocycles. The fourth-order valence-electron chi connectivity index (χ4n) is 4.08. The monoisotopic (exact) mass is 482 g/mol. The van der Waals surface area contributed by atoms with Gasteiger partial charge in [-0.3, -0.25) is 19.6 Å². The summed E-state index contributed by atoms with van der Waals surface area (Å²) in [5.74, 6) is 0.746. The van der Waals surface area contributed by atoms with Crippen molar-refractivity contribution in [1.82, 2.24) is 30.2 Å². The Balaban J connectivity index is 1.36. The molecular weight excluding hydrogens is 456 g/mol. The van der Waals surface area contributed by atoms with Gasteiger partial charge in [-0.15, -0.1) is 0 Å². The summed E-state index contributed by atoms with van der Waals surface area (Å²) in [5.41, 5.74) is 3.24. The van der Waals surface area contributed by atoms with Crippen LogP contribution in [0.3, 0.4) is 0 Å². The third-order valence-corrected chi connectivity index (χ3v) is 6.21. The second-order valence-electron chi connectivity index (χ2n) is 8.67. The van der Waals surface area contributed by atoms with E-state index in [2.05, 4.69) is 47.4 Å². The first-order valence-electron chi connectivity index (χ1n) is 11.6. The number of fused-ring (bicyclic) bond motifs is 1. The van der Waals surface area contributed by atoms with Crippen LogP contribution in [0, 0.1) is 0 Å². The number of nitrogens with zero attached hydrogens (tertiary/aromatic N) is 6. The number of nitrogens with one attached hydrogen (secondary N) is 2. The van der Waals surface area contributed by atoms with E-state index in [4.69, 9.17) is 0 Å². The predicted molar refractivity (Wildman–Crippen MR) is 138 cm³/mol. The van der Waals surface area contributed by atoms with Gasteiger partial charge in [0.05, 0.1) is 17.3 Å². The quantitative estimate of drug-likeness (QED) is 0.446. The van der Waals surface area contributed by atoms with Gasteiger partial charge < -0.3 is 20.4 Å². The maximum absolute atomic E-state index is 13.0. The molecule has 4 aromatic heterocycles. The van der Waals surface area contributed by atoms with E-state index in [1.54, 1.807) is 50.0 Å². The number of pyridine rings is 4. The first kappa shape index (κ1) is 23.3. The molecule has 0 unspecified atom stereocenters. The number of aromatic nitrogens is 4. The maximum atomic E-state index is 13.0. The highest BCUT2D eigenvalue weighted by Gasteiger charge is 2.17. The number of likely N-dealkylation sites (N-methyl/N-ethyl adjacent to an activating group) is 1. The lowest BCUT2D eigenvalue weighted by atomic mass is 10.1. The molecule has 10 nitrogen and oxygen atoms in total. The molecule has 0 radical (unpaired) electrons. The van der Waals surface area contributed by atoms with Gasteiger partial charge in [0, 0.05) is 80.1 Å². The lowest BCUT2D eigenvalue weighted by Crippen LogP contribution is -2.44. The molecule has 2 N–H and O–H groups in total. The zero-order valence-corrected chi connectivity index (χ0v) is 20.1. The molecule has 1 fully saturated rings. The lowest BCUT2D eigenvalue weighted by Gasteiger charge is -2.33. The first-order valence-corrected chi connectivity index (χ1v) is 11.6. The standard InChI is InChI=1S/C26H26N8O2/c1-27-25(35)21-10-19(13-28-14-21)20-9-18-11-23(31-16-22(18)30-15-20)32-26(36)17-3-4-29-24(12-17)34-7-5-33(2)6-8-34/h3-4,9-16H,5-8H2,1-2H3,(H,27,35)(H,31,32,36). The third kappa shape index (κ3) is 4.98. The molecule has 0 saturated carbocycles. The summed E-state index contributed by atoms with van der Waals surface area (Å²) in [5, 5.41) is 6.28. The normalized spacial score (nSPS) is 14.0. The van der Waals surface area contributed by atoms with Crippen LogP contribution in [-0.4, -0.2) is 76.9 Å². The summed E-state index contributed by atoms with van der Waals surface area (Å²) >= 11 is 0. The van der Waals surface area contributed by atoms with Gasteiger partial charge in [-0.05, 0) is 37.4 Å². The number of rotatable bonds is 5. The molecule has 4 aromatic rings. The molecule has 0 bridgehead atoms. The fourth-order valence-corrected chi connectivity index (χ4v) is 4.08. The molecule has 2 amide bonds.